The van der Waals surface area contributed by atoms with Crippen molar-refractivity contribution in [3.05, 3.63) is 29.3 Å². The van der Waals surface area contributed by atoms with Crippen molar-refractivity contribution in [1.29, 1.82) is 5.26 Å². The lowest BCUT2D eigenvalue weighted by Crippen LogP contribution is -2.36. The first-order chi connectivity index (χ1) is 9.59. The molecule has 0 spiro atoms. The van der Waals surface area contributed by atoms with Crippen molar-refractivity contribution in [3.63, 3.8) is 0 Å². The predicted octanol–water partition coefficient (Wildman–Crippen LogP) is 1.94. The molecule has 0 saturated heterocycles. The van der Waals surface area contributed by atoms with Gasteiger partial charge in [-0.25, -0.2) is 13.1 Å². The molecule has 5 nitrogen and oxygen atoms in total. The van der Waals surface area contributed by atoms with Crippen LogP contribution in [0.4, 0.5) is 0 Å². The summed E-state index contributed by atoms with van der Waals surface area (Å²) in [5.74, 6) is 0. The normalized spacial score (nSPS) is 13.7. The van der Waals surface area contributed by atoms with Crippen LogP contribution in [-0.4, -0.2) is 26.2 Å². The first-order valence-electron chi connectivity index (χ1n) is 6.76. The zero-order chi connectivity index (χ0) is 16.3. The van der Waals surface area contributed by atoms with E-state index in [0.717, 1.165) is 0 Å². The van der Waals surface area contributed by atoms with Gasteiger partial charge in [0.25, 0.3) is 0 Å². The average molecular weight is 310 g/mol. The molecular weight excluding hydrogens is 288 g/mol. The third kappa shape index (κ3) is 4.81. The Bertz CT molecular complexity index is 643. The van der Waals surface area contributed by atoms with Gasteiger partial charge in [0.1, 0.15) is 6.07 Å². The van der Waals surface area contributed by atoms with Gasteiger partial charge in [-0.2, -0.15) is 5.26 Å². The molecule has 0 aliphatic carbocycles. The third-order valence-electron chi connectivity index (χ3n) is 3.22. The summed E-state index contributed by atoms with van der Waals surface area (Å²) in [5, 5.41) is 18.6. The summed E-state index contributed by atoms with van der Waals surface area (Å²) < 4.78 is 27.3. The number of sulfonamides is 1. The van der Waals surface area contributed by atoms with Crippen molar-refractivity contribution in [2.24, 2.45) is 5.41 Å². The van der Waals surface area contributed by atoms with Crippen molar-refractivity contribution in [3.8, 4) is 6.07 Å². The van der Waals surface area contributed by atoms with Crippen molar-refractivity contribution < 1.29 is 13.5 Å². The quantitative estimate of drug-likeness (QED) is 0.840. The van der Waals surface area contributed by atoms with E-state index in [-0.39, 0.29) is 22.4 Å². The summed E-state index contributed by atoms with van der Waals surface area (Å²) in [4.78, 5) is -0.00199. The summed E-state index contributed by atoms with van der Waals surface area (Å²) in [7, 11) is -3.75. The van der Waals surface area contributed by atoms with Gasteiger partial charge in [0, 0.05) is 6.54 Å². The number of benzene rings is 1. The van der Waals surface area contributed by atoms with Crippen LogP contribution in [0.25, 0.3) is 0 Å². The van der Waals surface area contributed by atoms with E-state index in [9.17, 15) is 13.5 Å². The van der Waals surface area contributed by atoms with Gasteiger partial charge in [0.05, 0.1) is 16.6 Å². The monoisotopic (exact) mass is 310 g/mol. The molecule has 0 fully saturated rings. The van der Waals surface area contributed by atoms with Gasteiger partial charge in [0.15, 0.2) is 0 Å². The van der Waals surface area contributed by atoms with Gasteiger partial charge < -0.3 is 5.11 Å². The first kappa shape index (κ1) is 17.6. The molecule has 0 saturated carbocycles. The molecule has 1 aromatic carbocycles. The number of nitrogens with zero attached hydrogens (tertiary/aromatic N) is 1. The lowest BCUT2D eigenvalue weighted by molar-refractivity contribution is 0.131. The zero-order valence-electron chi connectivity index (χ0n) is 12.8. The van der Waals surface area contributed by atoms with E-state index in [1.54, 1.807) is 26.0 Å². The van der Waals surface area contributed by atoms with Crippen LogP contribution in [0.2, 0.25) is 0 Å². The maximum absolute atomic E-state index is 12.4. The van der Waals surface area contributed by atoms with Crippen LogP contribution in [0, 0.1) is 23.7 Å². The molecule has 0 amide bonds. The third-order valence-corrected chi connectivity index (χ3v) is 4.67. The second-order valence-corrected chi connectivity index (χ2v) is 7.84. The summed E-state index contributed by atoms with van der Waals surface area (Å²) in [5.41, 5.74) is 0.416. The maximum atomic E-state index is 12.4. The fraction of sp³-hybridized carbons (Fsp3) is 0.533. The van der Waals surface area contributed by atoms with Gasteiger partial charge in [-0.15, -0.1) is 0 Å². The summed E-state index contributed by atoms with van der Waals surface area (Å²) in [6, 6.07) is 6.69. The molecule has 2 N–H and O–H groups in total. The minimum Gasteiger partial charge on any atom is -0.393 e. The summed E-state index contributed by atoms with van der Waals surface area (Å²) >= 11 is 0. The highest BCUT2D eigenvalue weighted by molar-refractivity contribution is 7.89. The van der Waals surface area contributed by atoms with Crippen molar-refractivity contribution in [2.45, 2.75) is 45.1 Å². The fourth-order valence-corrected chi connectivity index (χ4v) is 3.72. The van der Waals surface area contributed by atoms with E-state index in [2.05, 4.69) is 4.72 Å². The minimum atomic E-state index is -3.75. The Morgan fingerprint density at radius 3 is 2.57 bits per heavy atom. The van der Waals surface area contributed by atoms with E-state index in [0.29, 0.717) is 12.0 Å². The lowest BCUT2D eigenvalue weighted by Gasteiger charge is -2.26. The number of hydrogen-bond donors (Lipinski definition) is 2. The van der Waals surface area contributed by atoms with Crippen LogP contribution < -0.4 is 4.72 Å². The van der Waals surface area contributed by atoms with Crippen LogP contribution in [0.3, 0.4) is 0 Å². The van der Waals surface area contributed by atoms with Gasteiger partial charge in [0.2, 0.25) is 10.0 Å². The molecule has 1 rings (SSSR count). The largest absolute Gasteiger partial charge is 0.393 e. The Hall–Kier alpha value is -1.42. The number of hydrogen-bond acceptors (Lipinski definition) is 4. The van der Waals surface area contributed by atoms with E-state index in [1.807, 2.05) is 19.9 Å². The number of nitrogens with one attached hydrogen (secondary N) is 1. The molecule has 0 bridgehead atoms. The first-order valence-corrected chi connectivity index (χ1v) is 8.25. The number of aliphatic hydroxyl groups is 1. The molecule has 21 heavy (non-hydrogen) atoms. The minimum absolute atomic E-state index is 0.00199. The second-order valence-electron chi connectivity index (χ2n) is 6.10. The van der Waals surface area contributed by atoms with Crippen LogP contribution in [-0.2, 0) is 10.0 Å². The Kier molecular flexibility index (Phi) is 5.51. The van der Waals surface area contributed by atoms with Crippen LogP contribution in [0.15, 0.2) is 23.1 Å². The number of nitriles is 1. The molecule has 6 heteroatoms. The van der Waals surface area contributed by atoms with Crippen LogP contribution in [0.5, 0.6) is 0 Å². The van der Waals surface area contributed by atoms with E-state index in [4.69, 9.17) is 5.26 Å². The average Bonchev–Trinajstić information content (AvgIpc) is 2.35. The molecule has 1 aromatic rings. The van der Waals surface area contributed by atoms with Crippen molar-refractivity contribution in [1.82, 2.24) is 4.72 Å². The molecular formula is C15H22N2O3S. The standard InChI is InChI=1S/C15H22N2O3S/c1-11-6-5-7-14(13(11)9-16)21(19,20)17-10-15(3,4)8-12(2)18/h5-7,12,17-18H,8,10H2,1-4H3/t12-/m1/s1. The lowest BCUT2D eigenvalue weighted by atomic mass is 9.87. The molecule has 116 valence electrons. The SMILES string of the molecule is Cc1cccc(S(=O)(=O)NCC(C)(C)C[C@@H](C)O)c1C#N. The number of aliphatic hydroxyl groups excluding tert-OH is 1. The van der Waals surface area contributed by atoms with Gasteiger partial charge in [-0.3, -0.25) is 0 Å². The van der Waals surface area contributed by atoms with Crippen molar-refractivity contribution in [2.75, 3.05) is 6.54 Å². The van der Waals surface area contributed by atoms with Crippen LogP contribution >= 0.6 is 0 Å². The number of aryl methyl sites for hydroxylation is 1. The zero-order valence-corrected chi connectivity index (χ0v) is 13.7. The van der Waals surface area contributed by atoms with Gasteiger partial charge in [-0.05, 0) is 37.3 Å². The maximum Gasteiger partial charge on any atom is 0.241 e. The Morgan fingerprint density at radius 1 is 1.43 bits per heavy atom. The predicted molar refractivity (Wildman–Crippen MR) is 81.2 cm³/mol. The Labute approximate surface area is 126 Å². The smallest absolute Gasteiger partial charge is 0.241 e. The van der Waals surface area contributed by atoms with E-state index in [1.165, 1.54) is 6.07 Å². The highest BCUT2D eigenvalue weighted by Gasteiger charge is 2.25. The van der Waals surface area contributed by atoms with Crippen molar-refractivity contribution >= 4 is 10.0 Å². The topological polar surface area (TPSA) is 90.2 Å². The Morgan fingerprint density at radius 2 is 2.05 bits per heavy atom. The van der Waals surface area contributed by atoms with Gasteiger partial charge in [-0.1, -0.05) is 26.0 Å². The van der Waals surface area contributed by atoms with Gasteiger partial charge >= 0.3 is 0 Å². The summed E-state index contributed by atoms with van der Waals surface area (Å²) in [6.07, 6.45) is -0.0211. The molecule has 0 heterocycles. The number of rotatable bonds is 6. The highest BCUT2D eigenvalue weighted by Crippen LogP contribution is 2.23. The highest BCUT2D eigenvalue weighted by atomic mass is 32.2. The Balaban J connectivity index is 2.99. The molecule has 0 aliphatic rings. The van der Waals surface area contributed by atoms with Crippen LogP contribution in [0.1, 0.15) is 38.3 Å². The molecule has 0 aliphatic heterocycles. The fourth-order valence-electron chi connectivity index (χ4n) is 2.25. The van der Waals surface area contributed by atoms with E-state index < -0.39 is 16.1 Å². The molecule has 0 aromatic heterocycles. The molecule has 0 radical (unpaired) electrons. The van der Waals surface area contributed by atoms with E-state index >= 15 is 0 Å². The molecule has 0 unspecified atom stereocenters. The summed E-state index contributed by atoms with van der Waals surface area (Å²) in [6.45, 7) is 7.33. The second kappa shape index (κ2) is 6.56. The molecule has 1 atom stereocenters.